The zero-order valence-corrected chi connectivity index (χ0v) is 14.2. The Morgan fingerprint density at radius 1 is 1.20 bits per heavy atom. The lowest BCUT2D eigenvalue weighted by Crippen LogP contribution is -2.24. The van der Waals surface area contributed by atoms with E-state index in [2.05, 4.69) is 51.4 Å². The van der Waals surface area contributed by atoms with Crippen molar-refractivity contribution in [2.75, 3.05) is 52.5 Å². The number of nitrogens with zero attached hydrogens (tertiary/aromatic N) is 1. The van der Waals surface area contributed by atoms with Gasteiger partial charge in [-0.2, -0.15) is 0 Å². The molecule has 1 aromatic rings. The van der Waals surface area contributed by atoms with Crippen LogP contribution in [-0.4, -0.2) is 47.6 Å². The molecule has 0 aliphatic heterocycles. The molecule has 0 atom stereocenters. The molecule has 0 aliphatic carbocycles. The number of methoxy groups -OCH3 is 2. The van der Waals surface area contributed by atoms with Gasteiger partial charge >= 0.3 is 0 Å². The molecule has 0 bridgehead atoms. The molecule has 5 heteroatoms. The van der Waals surface area contributed by atoms with E-state index in [9.17, 15) is 0 Å². The van der Waals surface area contributed by atoms with Crippen molar-refractivity contribution in [3.8, 4) is 0 Å². The maximum Gasteiger partial charge on any atom is 0.0587 e. The van der Waals surface area contributed by atoms with Gasteiger partial charge in [0.05, 0.1) is 6.61 Å². The summed E-state index contributed by atoms with van der Waals surface area (Å²) >= 11 is 3.55. The number of hydrogen-bond donors (Lipinski definition) is 1. The van der Waals surface area contributed by atoms with E-state index in [0.717, 1.165) is 43.7 Å². The minimum absolute atomic E-state index is 0.732. The van der Waals surface area contributed by atoms with E-state index in [0.29, 0.717) is 0 Å². The summed E-state index contributed by atoms with van der Waals surface area (Å²) < 4.78 is 11.3. The fraction of sp³-hybridized carbons (Fsp3) is 0.600. The van der Waals surface area contributed by atoms with Crippen molar-refractivity contribution in [2.24, 2.45) is 0 Å². The Labute approximate surface area is 130 Å². The molecule has 1 N–H and O–H groups in total. The fourth-order valence-corrected chi connectivity index (χ4v) is 2.35. The first-order chi connectivity index (χ1) is 9.69. The Hall–Kier alpha value is -0.620. The van der Waals surface area contributed by atoms with Gasteiger partial charge in [-0.05, 0) is 24.1 Å². The molecule has 4 nitrogen and oxygen atoms in total. The van der Waals surface area contributed by atoms with Crippen molar-refractivity contribution in [1.29, 1.82) is 0 Å². The van der Waals surface area contributed by atoms with Crippen LogP contribution in [0.25, 0.3) is 0 Å². The van der Waals surface area contributed by atoms with Crippen molar-refractivity contribution in [2.45, 2.75) is 13.0 Å². The Morgan fingerprint density at radius 3 is 2.65 bits per heavy atom. The van der Waals surface area contributed by atoms with Crippen LogP contribution in [0, 0.1) is 0 Å². The molecule has 1 rings (SSSR count). The van der Waals surface area contributed by atoms with Gasteiger partial charge in [0.1, 0.15) is 0 Å². The fourth-order valence-electron chi connectivity index (χ4n) is 2.01. The van der Waals surface area contributed by atoms with E-state index in [1.165, 1.54) is 11.3 Å². The molecule has 0 spiro atoms. The average Bonchev–Trinajstić information content (AvgIpc) is 2.45. The van der Waals surface area contributed by atoms with Crippen LogP contribution in [-0.2, 0) is 16.0 Å². The number of ether oxygens (including phenoxy) is 2. The van der Waals surface area contributed by atoms with Crippen molar-refractivity contribution < 1.29 is 9.47 Å². The second kappa shape index (κ2) is 10.2. The van der Waals surface area contributed by atoms with Crippen LogP contribution < -0.4 is 10.2 Å². The summed E-state index contributed by atoms with van der Waals surface area (Å²) in [5.74, 6) is 0. The van der Waals surface area contributed by atoms with Crippen molar-refractivity contribution in [3.63, 3.8) is 0 Å². The first-order valence-corrected chi connectivity index (χ1v) is 7.66. The third-order valence-corrected chi connectivity index (χ3v) is 3.59. The molecular weight excluding hydrogens is 320 g/mol. The second-order valence-electron chi connectivity index (χ2n) is 4.71. The number of halogens is 1. The van der Waals surface area contributed by atoms with Gasteiger partial charge in [-0.1, -0.05) is 22.0 Å². The summed E-state index contributed by atoms with van der Waals surface area (Å²) in [6.45, 7) is 4.21. The lowest BCUT2D eigenvalue weighted by atomic mass is 10.1. The quantitative estimate of drug-likeness (QED) is 0.661. The molecule has 20 heavy (non-hydrogen) atoms. The topological polar surface area (TPSA) is 33.7 Å². The van der Waals surface area contributed by atoms with E-state index in [-0.39, 0.29) is 0 Å². The van der Waals surface area contributed by atoms with Crippen LogP contribution >= 0.6 is 15.9 Å². The van der Waals surface area contributed by atoms with E-state index in [1.54, 1.807) is 14.2 Å². The lowest BCUT2D eigenvalue weighted by molar-refractivity contribution is 0.196. The summed E-state index contributed by atoms with van der Waals surface area (Å²) in [5, 5.41) is 3.39. The predicted molar refractivity (Wildman–Crippen MR) is 87.5 cm³/mol. The molecule has 0 saturated heterocycles. The molecule has 1 aromatic carbocycles. The maximum atomic E-state index is 5.11. The van der Waals surface area contributed by atoms with Gasteiger partial charge in [-0.3, -0.25) is 0 Å². The van der Waals surface area contributed by atoms with Gasteiger partial charge in [0, 0.05) is 57.7 Å². The van der Waals surface area contributed by atoms with E-state index in [1.807, 2.05) is 0 Å². The highest BCUT2D eigenvalue weighted by molar-refractivity contribution is 9.10. The molecule has 0 heterocycles. The standard InChI is InChI=1S/C15H25BrN2O2/c1-18(8-4-9-19-2)15-11-14(16)6-5-13(15)12-17-7-10-20-3/h5-6,11,17H,4,7-10,12H2,1-3H3. The number of benzene rings is 1. The normalized spacial score (nSPS) is 10.8. The molecule has 0 radical (unpaired) electrons. The average molecular weight is 345 g/mol. The molecule has 0 aromatic heterocycles. The third kappa shape index (κ3) is 6.22. The Balaban J connectivity index is 2.63. The van der Waals surface area contributed by atoms with Crippen LogP contribution in [0.15, 0.2) is 22.7 Å². The lowest BCUT2D eigenvalue weighted by Gasteiger charge is -2.23. The molecule has 114 valence electrons. The predicted octanol–water partition coefficient (Wildman–Crippen LogP) is 2.66. The van der Waals surface area contributed by atoms with Crippen molar-refractivity contribution in [1.82, 2.24) is 5.32 Å². The van der Waals surface area contributed by atoms with Crippen LogP contribution in [0.1, 0.15) is 12.0 Å². The highest BCUT2D eigenvalue weighted by Crippen LogP contribution is 2.24. The zero-order chi connectivity index (χ0) is 14.8. The maximum absolute atomic E-state index is 5.11. The molecule has 0 unspecified atom stereocenters. The SMILES string of the molecule is COCCCN(C)c1cc(Br)ccc1CNCCOC. The first kappa shape index (κ1) is 17.4. The molecule has 0 fully saturated rings. The van der Waals surface area contributed by atoms with Crippen LogP contribution in [0.2, 0.25) is 0 Å². The Kier molecular flexibility index (Phi) is 8.85. The summed E-state index contributed by atoms with van der Waals surface area (Å²) in [5.41, 5.74) is 2.55. The van der Waals surface area contributed by atoms with Gasteiger partial charge in [-0.15, -0.1) is 0 Å². The van der Waals surface area contributed by atoms with E-state index in [4.69, 9.17) is 9.47 Å². The van der Waals surface area contributed by atoms with Gasteiger partial charge in [-0.25, -0.2) is 0 Å². The summed E-state index contributed by atoms with van der Waals surface area (Å²) in [6.07, 6.45) is 1.02. The van der Waals surface area contributed by atoms with Crippen molar-refractivity contribution in [3.05, 3.63) is 28.2 Å². The van der Waals surface area contributed by atoms with Crippen molar-refractivity contribution >= 4 is 21.6 Å². The van der Waals surface area contributed by atoms with E-state index >= 15 is 0 Å². The minimum atomic E-state index is 0.732. The number of hydrogen-bond acceptors (Lipinski definition) is 4. The zero-order valence-electron chi connectivity index (χ0n) is 12.6. The van der Waals surface area contributed by atoms with Crippen LogP contribution in [0.5, 0.6) is 0 Å². The first-order valence-electron chi connectivity index (χ1n) is 6.87. The van der Waals surface area contributed by atoms with E-state index < -0.39 is 0 Å². The minimum Gasteiger partial charge on any atom is -0.385 e. The monoisotopic (exact) mass is 344 g/mol. The number of anilines is 1. The molecule has 0 aliphatic rings. The van der Waals surface area contributed by atoms with Gasteiger partial charge in [0.2, 0.25) is 0 Å². The molecular formula is C15H25BrN2O2. The highest BCUT2D eigenvalue weighted by atomic mass is 79.9. The summed E-state index contributed by atoms with van der Waals surface area (Å²) in [7, 11) is 5.58. The smallest absolute Gasteiger partial charge is 0.0587 e. The molecule has 0 amide bonds. The largest absolute Gasteiger partial charge is 0.385 e. The van der Waals surface area contributed by atoms with Gasteiger partial charge in [0.15, 0.2) is 0 Å². The summed E-state index contributed by atoms with van der Waals surface area (Å²) in [4.78, 5) is 2.27. The molecule has 0 saturated carbocycles. The Morgan fingerprint density at radius 2 is 1.95 bits per heavy atom. The third-order valence-electron chi connectivity index (χ3n) is 3.10. The number of nitrogens with one attached hydrogen (secondary N) is 1. The van der Waals surface area contributed by atoms with Gasteiger partial charge in [0.25, 0.3) is 0 Å². The summed E-state index contributed by atoms with van der Waals surface area (Å²) in [6, 6.07) is 6.41. The Bertz CT molecular complexity index is 388. The van der Waals surface area contributed by atoms with Crippen LogP contribution in [0.4, 0.5) is 5.69 Å². The number of rotatable bonds is 10. The van der Waals surface area contributed by atoms with Crippen LogP contribution in [0.3, 0.4) is 0 Å². The van der Waals surface area contributed by atoms with Gasteiger partial charge < -0.3 is 19.7 Å². The second-order valence-corrected chi connectivity index (χ2v) is 5.63. The highest BCUT2D eigenvalue weighted by Gasteiger charge is 2.08.